The number of hydrogen-bond acceptors (Lipinski definition) is 2. The van der Waals surface area contributed by atoms with Crippen LogP contribution in [0.15, 0.2) is 30.3 Å². The van der Waals surface area contributed by atoms with Crippen molar-refractivity contribution in [3.63, 3.8) is 0 Å². The molecule has 1 aromatic rings. The van der Waals surface area contributed by atoms with Crippen molar-refractivity contribution in [2.75, 3.05) is 26.2 Å². The summed E-state index contributed by atoms with van der Waals surface area (Å²) >= 11 is 0. The zero-order valence-corrected chi connectivity index (χ0v) is 12.5. The van der Waals surface area contributed by atoms with Gasteiger partial charge >= 0.3 is 0 Å². The minimum Gasteiger partial charge on any atom is -0.298 e. The number of alkyl halides is 2. The zero-order valence-electron chi connectivity index (χ0n) is 12.5. The molecule has 1 atom stereocenters. The van der Waals surface area contributed by atoms with E-state index in [1.54, 1.807) is 0 Å². The molecular weight excluding hydrogens is 270 g/mol. The Hall–Kier alpha value is -1.00. The molecule has 4 heteroatoms. The first kappa shape index (κ1) is 14.9. The molecule has 2 nitrogen and oxygen atoms in total. The van der Waals surface area contributed by atoms with Crippen LogP contribution in [0.4, 0.5) is 8.78 Å². The van der Waals surface area contributed by atoms with Gasteiger partial charge in [-0.15, -0.1) is 0 Å². The highest BCUT2D eigenvalue weighted by Gasteiger charge is 2.39. The summed E-state index contributed by atoms with van der Waals surface area (Å²) in [7, 11) is 0. The van der Waals surface area contributed by atoms with Gasteiger partial charge in [0.1, 0.15) is 0 Å². The van der Waals surface area contributed by atoms with Gasteiger partial charge in [-0.1, -0.05) is 30.3 Å². The predicted octanol–water partition coefficient (Wildman–Crippen LogP) is 3.38. The highest BCUT2D eigenvalue weighted by molar-refractivity contribution is 5.14. The molecule has 0 aromatic heterocycles. The van der Waals surface area contributed by atoms with Crippen LogP contribution in [0.1, 0.15) is 31.2 Å². The number of rotatable bonds is 3. The van der Waals surface area contributed by atoms with Crippen LogP contribution >= 0.6 is 0 Å². The summed E-state index contributed by atoms with van der Waals surface area (Å²) in [5.74, 6) is -2.44. The monoisotopic (exact) mass is 294 g/mol. The van der Waals surface area contributed by atoms with E-state index in [-0.39, 0.29) is 18.9 Å². The number of hydrogen-bond donors (Lipinski definition) is 0. The smallest absolute Gasteiger partial charge is 0.249 e. The molecule has 2 aliphatic rings. The molecule has 0 N–H and O–H groups in total. The Morgan fingerprint density at radius 3 is 2.43 bits per heavy atom. The molecule has 0 radical (unpaired) electrons. The van der Waals surface area contributed by atoms with E-state index in [0.29, 0.717) is 6.42 Å². The summed E-state index contributed by atoms with van der Waals surface area (Å²) in [5.41, 5.74) is 1.33. The van der Waals surface area contributed by atoms with Gasteiger partial charge in [-0.3, -0.25) is 9.80 Å². The van der Waals surface area contributed by atoms with Crippen molar-refractivity contribution in [1.82, 2.24) is 9.80 Å². The lowest BCUT2D eigenvalue weighted by atomic mass is 9.90. The maximum absolute atomic E-state index is 13.5. The lowest BCUT2D eigenvalue weighted by Crippen LogP contribution is -2.52. The summed E-state index contributed by atoms with van der Waals surface area (Å²) in [4.78, 5) is 4.71. The molecule has 1 saturated carbocycles. The second-order valence-corrected chi connectivity index (χ2v) is 6.40. The lowest BCUT2D eigenvalue weighted by molar-refractivity contribution is -0.0692. The Kier molecular flexibility index (Phi) is 4.55. The number of halogens is 2. The van der Waals surface area contributed by atoms with E-state index < -0.39 is 5.92 Å². The average molecular weight is 294 g/mol. The van der Waals surface area contributed by atoms with Crippen LogP contribution in [-0.2, 0) is 6.54 Å². The van der Waals surface area contributed by atoms with Gasteiger partial charge in [0.15, 0.2) is 0 Å². The van der Waals surface area contributed by atoms with Gasteiger partial charge in [-0.25, -0.2) is 8.78 Å². The SMILES string of the molecule is FC1(F)CCCC(N2CCN(Cc3ccccc3)CC2)C1. The number of nitrogens with zero attached hydrogens (tertiary/aromatic N) is 2. The van der Waals surface area contributed by atoms with Gasteiger partial charge in [0.2, 0.25) is 5.92 Å². The summed E-state index contributed by atoms with van der Waals surface area (Å²) in [5, 5.41) is 0. The zero-order chi connectivity index (χ0) is 14.7. The van der Waals surface area contributed by atoms with E-state index in [1.807, 2.05) is 6.07 Å². The predicted molar refractivity (Wildman–Crippen MR) is 80.5 cm³/mol. The van der Waals surface area contributed by atoms with Gasteiger partial charge < -0.3 is 0 Å². The van der Waals surface area contributed by atoms with Crippen LogP contribution in [0.25, 0.3) is 0 Å². The molecule has 1 saturated heterocycles. The summed E-state index contributed by atoms with van der Waals surface area (Å²) in [6, 6.07) is 10.5. The van der Waals surface area contributed by atoms with Crippen molar-refractivity contribution in [1.29, 1.82) is 0 Å². The van der Waals surface area contributed by atoms with Crippen LogP contribution < -0.4 is 0 Å². The maximum atomic E-state index is 13.5. The normalized spacial score (nSPS) is 27.6. The fourth-order valence-corrected chi connectivity index (χ4v) is 3.59. The van der Waals surface area contributed by atoms with Gasteiger partial charge in [-0.2, -0.15) is 0 Å². The van der Waals surface area contributed by atoms with E-state index in [9.17, 15) is 8.78 Å². The molecule has 21 heavy (non-hydrogen) atoms. The van der Waals surface area contributed by atoms with Gasteiger partial charge in [0, 0.05) is 51.6 Å². The van der Waals surface area contributed by atoms with E-state index in [2.05, 4.69) is 34.1 Å². The van der Waals surface area contributed by atoms with Crippen molar-refractivity contribution < 1.29 is 8.78 Å². The minimum absolute atomic E-state index is 0.0612. The molecule has 116 valence electrons. The standard InChI is InChI=1S/C17H24F2N2/c18-17(19)8-4-7-16(13-17)21-11-9-20(10-12-21)14-15-5-2-1-3-6-15/h1-3,5-6,16H,4,7-14H2. The number of benzene rings is 1. The van der Waals surface area contributed by atoms with Crippen molar-refractivity contribution in [3.8, 4) is 0 Å². The van der Waals surface area contributed by atoms with Crippen LogP contribution in [0.3, 0.4) is 0 Å². The first-order chi connectivity index (χ1) is 10.1. The second kappa shape index (κ2) is 6.41. The molecule has 3 rings (SSSR count). The summed E-state index contributed by atoms with van der Waals surface area (Å²) in [6.07, 6.45) is 1.75. The Labute approximate surface area is 125 Å². The average Bonchev–Trinajstić information content (AvgIpc) is 2.48. The number of piperazine rings is 1. The quantitative estimate of drug-likeness (QED) is 0.843. The van der Waals surface area contributed by atoms with E-state index >= 15 is 0 Å². The first-order valence-corrected chi connectivity index (χ1v) is 8.01. The van der Waals surface area contributed by atoms with E-state index in [1.165, 1.54) is 5.56 Å². The highest BCUT2D eigenvalue weighted by atomic mass is 19.3. The van der Waals surface area contributed by atoms with Crippen LogP contribution in [-0.4, -0.2) is 47.9 Å². The second-order valence-electron chi connectivity index (χ2n) is 6.40. The van der Waals surface area contributed by atoms with Gasteiger partial charge in [0.05, 0.1) is 0 Å². The Balaban J connectivity index is 1.49. The Bertz CT molecular complexity index is 441. The molecule has 0 bridgehead atoms. The molecule has 1 unspecified atom stereocenters. The Morgan fingerprint density at radius 2 is 1.76 bits per heavy atom. The Morgan fingerprint density at radius 1 is 1.05 bits per heavy atom. The molecule has 1 heterocycles. The molecular formula is C17H24F2N2. The third kappa shape index (κ3) is 4.01. The van der Waals surface area contributed by atoms with Crippen LogP contribution in [0.5, 0.6) is 0 Å². The topological polar surface area (TPSA) is 6.48 Å². The largest absolute Gasteiger partial charge is 0.298 e. The van der Waals surface area contributed by atoms with Gasteiger partial charge in [0.25, 0.3) is 0 Å². The summed E-state index contributed by atoms with van der Waals surface area (Å²) in [6.45, 7) is 4.78. The van der Waals surface area contributed by atoms with Crippen molar-refractivity contribution in [2.24, 2.45) is 0 Å². The van der Waals surface area contributed by atoms with E-state index in [0.717, 1.165) is 39.1 Å². The highest BCUT2D eigenvalue weighted by Crippen LogP contribution is 2.35. The van der Waals surface area contributed by atoms with Crippen molar-refractivity contribution in [2.45, 2.75) is 44.2 Å². The fourth-order valence-electron chi connectivity index (χ4n) is 3.59. The van der Waals surface area contributed by atoms with Gasteiger partial charge in [-0.05, 0) is 18.4 Å². The molecule has 2 fully saturated rings. The third-order valence-electron chi connectivity index (χ3n) is 4.79. The fraction of sp³-hybridized carbons (Fsp3) is 0.647. The maximum Gasteiger partial charge on any atom is 0.249 e. The van der Waals surface area contributed by atoms with E-state index in [4.69, 9.17) is 0 Å². The summed E-state index contributed by atoms with van der Waals surface area (Å²) < 4.78 is 27.1. The van der Waals surface area contributed by atoms with Crippen molar-refractivity contribution >= 4 is 0 Å². The molecule has 0 amide bonds. The molecule has 1 aliphatic carbocycles. The lowest BCUT2D eigenvalue weighted by Gasteiger charge is -2.42. The molecule has 1 aromatic carbocycles. The minimum atomic E-state index is -2.44. The molecule has 1 aliphatic heterocycles. The molecule has 0 spiro atoms. The third-order valence-corrected chi connectivity index (χ3v) is 4.79. The van der Waals surface area contributed by atoms with Crippen LogP contribution in [0, 0.1) is 0 Å². The first-order valence-electron chi connectivity index (χ1n) is 8.01. The van der Waals surface area contributed by atoms with Crippen LogP contribution in [0.2, 0.25) is 0 Å². The van der Waals surface area contributed by atoms with Crippen molar-refractivity contribution in [3.05, 3.63) is 35.9 Å².